The van der Waals surface area contributed by atoms with Gasteiger partial charge in [-0.2, -0.15) is 0 Å². The van der Waals surface area contributed by atoms with Crippen molar-refractivity contribution in [1.29, 1.82) is 0 Å². The summed E-state index contributed by atoms with van der Waals surface area (Å²) in [6.07, 6.45) is 1.66. The van der Waals surface area contributed by atoms with E-state index in [-0.39, 0.29) is 24.5 Å². The van der Waals surface area contributed by atoms with Gasteiger partial charge in [-0.15, -0.1) is 0 Å². The molecule has 204 valence electrons. The van der Waals surface area contributed by atoms with Crippen molar-refractivity contribution in [3.05, 3.63) is 90.1 Å². The molecular formula is C29H31N3O6S. The number of allylic oxidation sites excluding steroid dienone is 1. The fourth-order valence-corrected chi connectivity index (χ4v) is 5.45. The monoisotopic (exact) mass is 549 g/mol. The second-order valence-corrected chi connectivity index (χ2v) is 10.3. The van der Waals surface area contributed by atoms with E-state index in [1.54, 1.807) is 38.1 Å². The highest BCUT2D eigenvalue weighted by molar-refractivity contribution is 7.07. The third-order valence-corrected chi connectivity index (χ3v) is 7.29. The minimum Gasteiger partial charge on any atom is -0.493 e. The lowest BCUT2D eigenvalue weighted by Gasteiger charge is -2.25. The van der Waals surface area contributed by atoms with Gasteiger partial charge < -0.3 is 19.9 Å². The molecule has 0 radical (unpaired) electrons. The Morgan fingerprint density at radius 1 is 1.18 bits per heavy atom. The first-order valence-corrected chi connectivity index (χ1v) is 13.4. The van der Waals surface area contributed by atoms with Gasteiger partial charge in [0.2, 0.25) is 0 Å². The molecule has 0 aliphatic carbocycles. The van der Waals surface area contributed by atoms with Crippen LogP contribution in [0.1, 0.15) is 56.3 Å². The van der Waals surface area contributed by atoms with Crippen molar-refractivity contribution in [2.75, 3.05) is 20.3 Å². The SMILES string of the molecule is CCOC(=O)C1=C(C)N=c2sc(=Cc3cccc(OC)c3OCC(N)=O)c(=O)n2C1c1ccc(C(C)C)cc1. The minimum atomic E-state index is -0.709. The fourth-order valence-electron chi connectivity index (χ4n) is 4.42. The Hall–Kier alpha value is -4.18. The van der Waals surface area contributed by atoms with E-state index in [1.807, 2.05) is 24.3 Å². The second-order valence-electron chi connectivity index (χ2n) is 9.26. The smallest absolute Gasteiger partial charge is 0.338 e. The van der Waals surface area contributed by atoms with E-state index in [0.29, 0.717) is 37.8 Å². The van der Waals surface area contributed by atoms with Gasteiger partial charge in [0.25, 0.3) is 11.5 Å². The van der Waals surface area contributed by atoms with Crippen LogP contribution >= 0.6 is 11.3 Å². The highest BCUT2D eigenvalue weighted by atomic mass is 32.1. The molecule has 1 unspecified atom stereocenters. The number of ether oxygens (including phenoxy) is 3. The molecule has 2 N–H and O–H groups in total. The predicted octanol–water partition coefficient (Wildman–Crippen LogP) is 2.79. The Balaban J connectivity index is 1.92. The zero-order valence-corrected chi connectivity index (χ0v) is 23.3. The zero-order valence-electron chi connectivity index (χ0n) is 22.5. The van der Waals surface area contributed by atoms with E-state index in [0.717, 1.165) is 11.1 Å². The molecule has 2 heterocycles. The topological polar surface area (TPSA) is 122 Å². The quantitative estimate of drug-likeness (QED) is 0.410. The Morgan fingerprint density at radius 3 is 2.51 bits per heavy atom. The molecule has 0 saturated carbocycles. The molecule has 1 aliphatic rings. The number of primary amides is 1. The molecule has 0 saturated heterocycles. The number of fused-ring (bicyclic) bond motifs is 1. The van der Waals surface area contributed by atoms with Crippen molar-refractivity contribution in [1.82, 2.24) is 4.57 Å². The summed E-state index contributed by atoms with van der Waals surface area (Å²) < 4.78 is 18.3. The molecule has 9 nitrogen and oxygen atoms in total. The number of nitrogens with zero attached hydrogens (tertiary/aromatic N) is 2. The molecule has 1 aliphatic heterocycles. The third-order valence-electron chi connectivity index (χ3n) is 6.31. The van der Waals surface area contributed by atoms with Crippen LogP contribution in [0.25, 0.3) is 6.08 Å². The highest BCUT2D eigenvalue weighted by Gasteiger charge is 2.33. The van der Waals surface area contributed by atoms with Gasteiger partial charge in [0.15, 0.2) is 22.9 Å². The first-order valence-electron chi connectivity index (χ1n) is 12.5. The van der Waals surface area contributed by atoms with Crippen LogP contribution in [0, 0.1) is 0 Å². The molecule has 0 spiro atoms. The van der Waals surface area contributed by atoms with Gasteiger partial charge in [-0.1, -0.05) is 61.6 Å². The number of carbonyl (C=O) groups excluding carboxylic acids is 2. The van der Waals surface area contributed by atoms with Gasteiger partial charge in [-0.25, -0.2) is 9.79 Å². The Morgan fingerprint density at radius 2 is 1.90 bits per heavy atom. The van der Waals surface area contributed by atoms with Crippen molar-refractivity contribution >= 4 is 29.3 Å². The molecule has 0 fully saturated rings. The molecule has 1 aromatic heterocycles. The van der Waals surface area contributed by atoms with Crippen LogP contribution in [0.15, 0.2) is 63.5 Å². The average molecular weight is 550 g/mol. The number of hydrogen-bond donors (Lipinski definition) is 1. The number of carbonyl (C=O) groups is 2. The van der Waals surface area contributed by atoms with Gasteiger partial charge in [0.1, 0.15) is 0 Å². The first-order chi connectivity index (χ1) is 18.7. The number of benzene rings is 2. The van der Waals surface area contributed by atoms with Crippen LogP contribution in [0.4, 0.5) is 0 Å². The Bertz CT molecular complexity index is 1620. The van der Waals surface area contributed by atoms with Crippen LogP contribution in [0.5, 0.6) is 11.5 Å². The van der Waals surface area contributed by atoms with Crippen molar-refractivity contribution in [2.24, 2.45) is 10.7 Å². The van der Waals surface area contributed by atoms with E-state index in [1.165, 1.54) is 23.0 Å². The summed E-state index contributed by atoms with van der Waals surface area (Å²) in [4.78, 5) is 43.4. The van der Waals surface area contributed by atoms with E-state index in [2.05, 4.69) is 18.8 Å². The van der Waals surface area contributed by atoms with Crippen LogP contribution in [-0.2, 0) is 14.3 Å². The first kappa shape index (κ1) is 27.8. The fraction of sp³-hybridized carbons (Fsp3) is 0.310. The maximum atomic E-state index is 13.9. The number of aromatic nitrogens is 1. The van der Waals surface area contributed by atoms with Gasteiger partial charge in [-0.3, -0.25) is 14.2 Å². The normalized spacial score (nSPS) is 15.1. The highest BCUT2D eigenvalue weighted by Crippen LogP contribution is 2.33. The summed E-state index contributed by atoms with van der Waals surface area (Å²) in [5.74, 6) is -0.149. The standard InChI is InChI=1S/C29H31N3O6S/c1-6-37-28(35)24-17(4)31-29-32(25(24)19-12-10-18(11-13-19)16(2)3)27(34)22(39-29)14-20-8-7-9-21(36-5)26(20)38-15-23(30)33/h7-14,16,25H,6,15H2,1-5H3,(H2,30,33). The lowest BCUT2D eigenvalue weighted by Crippen LogP contribution is -2.40. The summed E-state index contributed by atoms with van der Waals surface area (Å²) >= 11 is 1.19. The maximum absolute atomic E-state index is 13.9. The van der Waals surface area contributed by atoms with Gasteiger partial charge >= 0.3 is 5.97 Å². The van der Waals surface area contributed by atoms with Gasteiger partial charge in [0.05, 0.1) is 35.6 Å². The van der Waals surface area contributed by atoms with E-state index in [4.69, 9.17) is 19.9 Å². The van der Waals surface area contributed by atoms with Crippen LogP contribution in [-0.4, -0.2) is 36.8 Å². The van der Waals surface area contributed by atoms with E-state index < -0.39 is 17.9 Å². The largest absolute Gasteiger partial charge is 0.493 e. The number of methoxy groups -OCH3 is 1. The maximum Gasteiger partial charge on any atom is 0.338 e. The molecule has 3 aromatic rings. The van der Waals surface area contributed by atoms with Crippen LogP contribution in [0.3, 0.4) is 0 Å². The van der Waals surface area contributed by atoms with Crippen molar-refractivity contribution in [2.45, 2.75) is 39.7 Å². The number of rotatable bonds is 9. The number of para-hydroxylation sites is 1. The summed E-state index contributed by atoms with van der Waals surface area (Å²) in [6, 6.07) is 12.4. The summed E-state index contributed by atoms with van der Waals surface area (Å²) in [5.41, 5.74) is 8.21. The second kappa shape index (κ2) is 11.7. The van der Waals surface area contributed by atoms with E-state index >= 15 is 0 Å². The third kappa shape index (κ3) is 5.65. The Labute approximate surface area is 229 Å². The molecule has 0 bridgehead atoms. The Kier molecular flexibility index (Phi) is 8.35. The summed E-state index contributed by atoms with van der Waals surface area (Å²) in [6.45, 7) is 7.54. The number of esters is 1. The number of hydrogen-bond acceptors (Lipinski definition) is 8. The summed E-state index contributed by atoms with van der Waals surface area (Å²) in [7, 11) is 1.48. The van der Waals surface area contributed by atoms with Crippen molar-refractivity contribution < 1.29 is 23.8 Å². The van der Waals surface area contributed by atoms with Gasteiger partial charge in [-0.05, 0) is 43.0 Å². The molecular weight excluding hydrogens is 518 g/mol. The number of nitrogens with two attached hydrogens (primary N) is 1. The lowest BCUT2D eigenvalue weighted by atomic mass is 9.93. The van der Waals surface area contributed by atoms with Crippen LogP contribution in [0.2, 0.25) is 0 Å². The average Bonchev–Trinajstić information content (AvgIpc) is 3.21. The van der Waals surface area contributed by atoms with E-state index in [9.17, 15) is 14.4 Å². The number of thiazole rings is 1. The molecule has 2 aromatic carbocycles. The molecule has 10 heteroatoms. The molecule has 1 atom stereocenters. The van der Waals surface area contributed by atoms with Crippen LogP contribution < -0.4 is 30.1 Å². The minimum absolute atomic E-state index is 0.197. The zero-order chi connectivity index (χ0) is 28.3. The molecule has 1 amide bonds. The lowest BCUT2D eigenvalue weighted by molar-refractivity contribution is -0.139. The van der Waals surface area contributed by atoms with Gasteiger partial charge in [0, 0.05) is 5.56 Å². The van der Waals surface area contributed by atoms with Crippen molar-refractivity contribution in [3.63, 3.8) is 0 Å². The molecule has 4 rings (SSSR count). The number of amides is 1. The summed E-state index contributed by atoms with van der Waals surface area (Å²) in [5, 5.41) is 0. The van der Waals surface area contributed by atoms with Crippen molar-refractivity contribution in [3.8, 4) is 11.5 Å². The predicted molar refractivity (Wildman–Crippen MR) is 149 cm³/mol. The molecule has 39 heavy (non-hydrogen) atoms.